The van der Waals surface area contributed by atoms with Gasteiger partial charge < -0.3 is 15.4 Å². The topological polar surface area (TPSA) is 68.2 Å². The Morgan fingerprint density at radius 1 is 1.57 bits per heavy atom. The van der Waals surface area contributed by atoms with Gasteiger partial charge in [-0.1, -0.05) is 0 Å². The number of carbonyl (C=O) groups excluding carboxylic acids is 1. The average molecular weight is 292 g/mol. The van der Waals surface area contributed by atoms with E-state index in [4.69, 9.17) is 4.74 Å². The molecule has 1 aromatic heterocycles. The van der Waals surface area contributed by atoms with Gasteiger partial charge in [0.05, 0.1) is 30.1 Å². The van der Waals surface area contributed by atoms with Gasteiger partial charge in [0.15, 0.2) is 0 Å². The molecule has 2 unspecified atom stereocenters. The highest BCUT2D eigenvalue weighted by Gasteiger charge is 2.34. The van der Waals surface area contributed by atoms with Crippen LogP contribution in [0.25, 0.3) is 0 Å². The van der Waals surface area contributed by atoms with Crippen molar-refractivity contribution in [1.29, 1.82) is 0 Å². The zero-order chi connectivity index (χ0) is 14.7. The molecule has 0 aliphatic carbocycles. The van der Waals surface area contributed by atoms with Crippen molar-refractivity contribution in [2.24, 2.45) is 0 Å². The zero-order valence-electron chi connectivity index (χ0n) is 12.6. The minimum Gasteiger partial charge on any atom is -0.376 e. The summed E-state index contributed by atoms with van der Waals surface area (Å²) in [5, 5.41) is 10.6. The molecule has 6 heteroatoms. The Morgan fingerprint density at radius 3 is 3.19 bits per heavy atom. The Balaban J connectivity index is 1.57. The summed E-state index contributed by atoms with van der Waals surface area (Å²) in [6.45, 7) is 4.48. The Kier molecular flexibility index (Phi) is 4.26. The van der Waals surface area contributed by atoms with E-state index in [1.807, 2.05) is 17.8 Å². The maximum atomic E-state index is 12.4. The van der Waals surface area contributed by atoms with Gasteiger partial charge in [0, 0.05) is 12.8 Å². The van der Waals surface area contributed by atoms with E-state index in [1.54, 1.807) is 6.20 Å². The van der Waals surface area contributed by atoms with Crippen molar-refractivity contribution in [2.75, 3.05) is 18.5 Å². The van der Waals surface area contributed by atoms with Crippen molar-refractivity contribution in [3.05, 3.63) is 12.4 Å². The van der Waals surface area contributed by atoms with Crippen LogP contribution < -0.4 is 10.6 Å². The molecule has 2 N–H and O–H groups in total. The number of amides is 1. The molecule has 2 saturated heterocycles. The minimum absolute atomic E-state index is 0.0267. The van der Waals surface area contributed by atoms with Gasteiger partial charge in [-0.15, -0.1) is 0 Å². The number of anilines is 1. The molecular formula is C15H24N4O2. The predicted molar refractivity (Wildman–Crippen MR) is 80.1 cm³/mol. The maximum Gasteiger partial charge on any atom is 0.244 e. The molecule has 1 amide bonds. The smallest absolute Gasteiger partial charge is 0.244 e. The van der Waals surface area contributed by atoms with Crippen LogP contribution in [0, 0.1) is 0 Å². The molecule has 0 saturated carbocycles. The monoisotopic (exact) mass is 292 g/mol. The van der Waals surface area contributed by atoms with Gasteiger partial charge in [0.2, 0.25) is 5.91 Å². The lowest BCUT2D eigenvalue weighted by molar-refractivity contribution is -0.122. The van der Waals surface area contributed by atoms with Gasteiger partial charge in [0.1, 0.15) is 0 Å². The summed E-state index contributed by atoms with van der Waals surface area (Å²) in [6, 6.07) is 0. The van der Waals surface area contributed by atoms with Crippen molar-refractivity contribution < 1.29 is 9.53 Å². The fourth-order valence-corrected chi connectivity index (χ4v) is 3.04. The van der Waals surface area contributed by atoms with Gasteiger partial charge in [-0.2, -0.15) is 5.10 Å². The first kappa shape index (κ1) is 14.5. The summed E-state index contributed by atoms with van der Waals surface area (Å²) < 4.78 is 7.45. The maximum absolute atomic E-state index is 12.4. The minimum atomic E-state index is -0.463. The van der Waals surface area contributed by atoms with Crippen LogP contribution in [0.5, 0.6) is 0 Å². The summed E-state index contributed by atoms with van der Waals surface area (Å²) in [5.74, 6) is 0.0267. The number of hydrogen-bond acceptors (Lipinski definition) is 4. The quantitative estimate of drug-likeness (QED) is 0.883. The van der Waals surface area contributed by atoms with Gasteiger partial charge in [-0.3, -0.25) is 9.48 Å². The third-order valence-electron chi connectivity index (χ3n) is 4.43. The second kappa shape index (κ2) is 6.15. The van der Waals surface area contributed by atoms with E-state index in [0.29, 0.717) is 0 Å². The molecule has 1 aromatic rings. The summed E-state index contributed by atoms with van der Waals surface area (Å²) in [7, 11) is 0. The van der Waals surface area contributed by atoms with E-state index < -0.39 is 5.54 Å². The first-order chi connectivity index (χ1) is 10.2. The molecule has 0 radical (unpaired) electrons. The number of nitrogens with zero attached hydrogens (tertiary/aromatic N) is 2. The molecule has 2 aliphatic rings. The number of hydrogen-bond donors (Lipinski definition) is 2. The number of nitrogens with one attached hydrogen (secondary N) is 2. The van der Waals surface area contributed by atoms with Crippen molar-refractivity contribution in [2.45, 2.75) is 57.2 Å². The van der Waals surface area contributed by atoms with Gasteiger partial charge in [-0.05, 0) is 45.6 Å². The van der Waals surface area contributed by atoms with Gasteiger partial charge in [0.25, 0.3) is 0 Å². The number of piperidine rings is 1. The SMILES string of the molecule is CC1(C(=O)Nc2cnn(CC3CCCO3)c2)CCCCN1. The Bertz CT molecular complexity index is 488. The summed E-state index contributed by atoms with van der Waals surface area (Å²) in [4.78, 5) is 12.4. The summed E-state index contributed by atoms with van der Waals surface area (Å²) >= 11 is 0. The third-order valence-corrected chi connectivity index (χ3v) is 4.43. The van der Waals surface area contributed by atoms with Gasteiger partial charge >= 0.3 is 0 Å². The number of rotatable bonds is 4. The number of ether oxygens (including phenoxy) is 1. The largest absolute Gasteiger partial charge is 0.376 e. The molecule has 3 heterocycles. The van der Waals surface area contributed by atoms with E-state index in [9.17, 15) is 4.79 Å². The number of carbonyl (C=O) groups is 1. The van der Waals surface area contributed by atoms with Crippen LogP contribution in [0.15, 0.2) is 12.4 Å². The Labute approximate surface area is 125 Å². The lowest BCUT2D eigenvalue weighted by Crippen LogP contribution is -2.54. The highest BCUT2D eigenvalue weighted by Crippen LogP contribution is 2.21. The van der Waals surface area contributed by atoms with Crippen LogP contribution in [0.3, 0.4) is 0 Å². The normalized spacial score (nSPS) is 29.5. The fraction of sp³-hybridized carbons (Fsp3) is 0.733. The highest BCUT2D eigenvalue weighted by molar-refractivity contribution is 5.97. The molecule has 0 bridgehead atoms. The fourth-order valence-electron chi connectivity index (χ4n) is 3.04. The first-order valence-electron chi connectivity index (χ1n) is 7.86. The van der Waals surface area contributed by atoms with Crippen molar-refractivity contribution in [3.8, 4) is 0 Å². The van der Waals surface area contributed by atoms with Crippen molar-refractivity contribution in [1.82, 2.24) is 15.1 Å². The average Bonchev–Trinajstić information content (AvgIpc) is 3.12. The molecule has 0 spiro atoms. The van der Waals surface area contributed by atoms with Gasteiger partial charge in [-0.25, -0.2) is 0 Å². The van der Waals surface area contributed by atoms with Crippen LogP contribution in [-0.2, 0) is 16.1 Å². The van der Waals surface area contributed by atoms with Crippen LogP contribution >= 0.6 is 0 Å². The van der Waals surface area contributed by atoms with Crippen LogP contribution in [0.4, 0.5) is 5.69 Å². The molecule has 21 heavy (non-hydrogen) atoms. The molecule has 3 rings (SSSR count). The molecule has 116 valence electrons. The molecule has 6 nitrogen and oxygen atoms in total. The highest BCUT2D eigenvalue weighted by atomic mass is 16.5. The van der Waals surface area contributed by atoms with E-state index in [2.05, 4.69) is 15.7 Å². The van der Waals surface area contributed by atoms with Crippen molar-refractivity contribution in [3.63, 3.8) is 0 Å². The lowest BCUT2D eigenvalue weighted by Gasteiger charge is -2.33. The molecule has 2 atom stereocenters. The predicted octanol–water partition coefficient (Wildman–Crippen LogP) is 1.53. The number of aromatic nitrogens is 2. The Morgan fingerprint density at radius 2 is 2.48 bits per heavy atom. The van der Waals surface area contributed by atoms with Crippen LogP contribution in [-0.4, -0.2) is 40.5 Å². The second-order valence-electron chi connectivity index (χ2n) is 6.26. The van der Waals surface area contributed by atoms with E-state index in [1.165, 1.54) is 0 Å². The van der Waals surface area contributed by atoms with E-state index in [-0.39, 0.29) is 12.0 Å². The summed E-state index contributed by atoms with van der Waals surface area (Å²) in [5.41, 5.74) is 0.293. The first-order valence-corrected chi connectivity index (χ1v) is 7.86. The molecule has 2 aliphatic heterocycles. The third kappa shape index (κ3) is 3.44. The molecular weight excluding hydrogens is 268 g/mol. The van der Waals surface area contributed by atoms with Crippen LogP contribution in [0.1, 0.15) is 39.0 Å². The van der Waals surface area contributed by atoms with Crippen molar-refractivity contribution >= 4 is 11.6 Å². The van der Waals surface area contributed by atoms with E-state index in [0.717, 1.165) is 57.5 Å². The van der Waals surface area contributed by atoms with Crippen LogP contribution in [0.2, 0.25) is 0 Å². The standard InChI is InChI=1S/C15H24N4O2/c1-15(6-2-3-7-16-15)14(20)18-12-9-17-19(10-12)11-13-5-4-8-21-13/h9-10,13,16H,2-8,11H2,1H3,(H,18,20). The van der Waals surface area contributed by atoms with E-state index >= 15 is 0 Å². The summed E-state index contributed by atoms with van der Waals surface area (Å²) in [6.07, 6.45) is 9.17. The lowest BCUT2D eigenvalue weighted by atomic mass is 9.90. The zero-order valence-corrected chi connectivity index (χ0v) is 12.6. The Hall–Kier alpha value is -1.40. The molecule has 0 aromatic carbocycles. The second-order valence-corrected chi connectivity index (χ2v) is 6.26. The molecule has 2 fully saturated rings.